The van der Waals surface area contributed by atoms with E-state index in [1.54, 1.807) is 12.2 Å². The molecule has 1 aliphatic heterocycles. The number of hydrogen-bond donors (Lipinski definition) is 0. The lowest BCUT2D eigenvalue weighted by Crippen LogP contribution is -2.37. The zero-order valence-corrected chi connectivity index (χ0v) is 15.3. The van der Waals surface area contributed by atoms with Gasteiger partial charge in [-0.25, -0.2) is 0 Å². The van der Waals surface area contributed by atoms with Crippen LogP contribution in [0.3, 0.4) is 0 Å². The van der Waals surface area contributed by atoms with Gasteiger partial charge in [0.1, 0.15) is 18.8 Å². The van der Waals surface area contributed by atoms with E-state index in [0.29, 0.717) is 32.0 Å². The minimum Gasteiger partial charge on any atom is -0.485 e. The van der Waals surface area contributed by atoms with Crippen LogP contribution in [0, 0.1) is 0 Å². The first-order chi connectivity index (χ1) is 13.3. The van der Waals surface area contributed by atoms with Gasteiger partial charge in [0, 0.05) is 0 Å². The maximum absolute atomic E-state index is 12.6. The van der Waals surface area contributed by atoms with E-state index in [9.17, 15) is 4.79 Å². The van der Waals surface area contributed by atoms with Crippen LogP contribution in [0.5, 0.6) is 0 Å². The van der Waals surface area contributed by atoms with Crippen LogP contribution in [0.25, 0.3) is 0 Å². The minimum atomic E-state index is -0.580. The first-order valence-electron chi connectivity index (χ1n) is 9.07. The molecule has 0 unspecified atom stereocenters. The molecule has 0 aromatic heterocycles. The van der Waals surface area contributed by atoms with Crippen molar-refractivity contribution in [1.29, 1.82) is 0 Å². The molecule has 0 amide bonds. The third-order valence-electron chi connectivity index (χ3n) is 4.22. The summed E-state index contributed by atoms with van der Waals surface area (Å²) in [5.74, 6) is 0.190. The largest absolute Gasteiger partial charge is 0.485 e. The fraction of sp³-hybridized carbons (Fsp3) is 0.261. The van der Waals surface area contributed by atoms with E-state index in [0.717, 1.165) is 11.1 Å². The second-order valence-corrected chi connectivity index (χ2v) is 6.36. The smallest absolute Gasteiger partial charge is 0.226 e. The number of Topliss-reactive ketones (excluding diaryl/α,β-unsaturated/α-hetero) is 1. The van der Waals surface area contributed by atoms with Gasteiger partial charge < -0.3 is 14.2 Å². The van der Waals surface area contributed by atoms with Crippen molar-refractivity contribution in [2.45, 2.75) is 31.8 Å². The summed E-state index contributed by atoms with van der Waals surface area (Å²) in [5.41, 5.74) is 2.10. The molecule has 0 radical (unpaired) electrons. The van der Waals surface area contributed by atoms with Crippen molar-refractivity contribution in [3.63, 3.8) is 0 Å². The summed E-state index contributed by atoms with van der Waals surface area (Å²) in [6.45, 7) is 4.91. The zero-order chi connectivity index (χ0) is 18.9. The highest BCUT2D eigenvalue weighted by atomic mass is 16.5. The Hall–Kier alpha value is -2.69. The summed E-state index contributed by atoms with van der Waals surface area (Å²) in [6.07, 6.45) is 2.94. The van der Waals surface area contributed by atoms with Crippen molar-refractivity contribution in [1.82, 2.24) is 0 Å². The molecule has 3 rings (SSSR count). The van der Waals surface area contributed by atoms with Gasteiger partial charge in [0.25, 0.3) is 0 Å². The van der Waals surface area contributed by atoms with Gasteiger partial charge in [-0.2, -0.15) is 0 Å². The van der Waals surface area contributed by atoms with Gasteiger partial charge in [0.05, 0.1) is 13.2 Å². The van der Waals surface area contributed by atoms with E-state index in [-0.39, 0.29) is 11.9 Å². The second-order valence-electron chi connectivity index (χ2n) is 6.36. The molecule has 1 heterocycles. The number of rotatable bonds is 9. The average Bonchev–Trinajstić information content (AvgIpc) is 2.71. The van der Waals surface area contributed by atoms with E-state index in [4.69, 9.17) is 14.2 Å². The molecule has 0 aliphatic carbocycles. The van der Waals surface area contributed by atoms with Crippen LogP contribution in [-0.4, -0.2) is 24.6 Å². The number of carbonyl (C=O) groups is 1. The van der Waals surface area contributed by atoms with Crippen molar-refractivity contribution >= 4 is 5.78 Å². The molecule has 0 bridgehead atoms. The van der Waals surface area contributed by atoms with Crippen LogP contribution < -0.4 is 0 Å². The van der Waals surface area contributed by atoms with E-state index in [1.165, 1.54) is 0 Å². The molecule has 4 heteroatoms. The maximum Gasteiger partial charge on any atom is 0.226 e. The lowest BCUT2D eigenvalue weighted by Gasteiger charge is -2.27. The number of carbonyl (C=O) groups excluding carboxylic acids is 1. The third-order valence-corrected chi connectivity index (χ3v) is 4.22. The molecule has 27 heavy (non-hydrogen) atoms. The molecule has 0 N–H and O–H groups in total. The zero-order valence-electron chi connectivity index (χ0n) is 15.3. The van der Waals surface area contributed by atoms with Crippen LogP contribution in [0.2, 0.25) is 0 Å². The van der Waals surface area contributed by atoms with Crippen molar-refractivity contribution in [3.05, 3.63) is 96.3 Å². The fourth-order valence-corrected chi connectivity index (χ4v) is 2.84. The highest BCUT2D eigenvalue weighted by Gasteiger charge is 2.31. The topological polar surface area (TPSA) is 44.8 Å². The minimum absolute atomic E-state index is 0.148. The van der Waals surface area contributed by atoms with Gasteiger partial charge in [0.2, 0.25) is 5.78 Å². The molecule has 0 spiro atoms. The highest BCUT2D eigenvalue weighted by Crippen LogP contribution is 2.21. The van der Waals surface area contributed by atoms with Crippen LogP contribution in [-0.2, 0) is 32.2 Å². The normalized spacial score (nSPS) is 19.4. The Labute approximate surface area is 160 Å². The summed E-state index contributed by atoms with van der Waals surface area (Å²) >= 11 is 0. The van der Waals surface area contributed by atoms with Crippen LogP contribution in [0.1, 0.15) is 17.5 Å². The van der Waals surface area contributed by atoms with E-state index in [1.807, 2.05) is 60.7 Å². The average molecular weight is 364 g/mol. The molecule has 140 valence electrons. The molecule has 4 nitrogen and oxygen atoms in total. The molecule has 0 fully saturated rings. The molecular weight excluding hydrogens is 340 g/mol. The van der Waals surface area contributed by atoms with Crippen LogP contribution in [0.15, 0.2) is 85.2 Å². The Kier molecular flexibility index (Phi) is 6.97. The predicted octanol–water partition coefficient (Wildman–Crippen LogP) is 4.22. The lowest BCUT2D eigenvalue weighted by atomic mass is 10.1. The van der Waals surface area contributed by atoms with Gasteiger partial charge in [-0.15, -0.1) is 6.58 Å². The predicted molar refractivity (Wildman–Crippen MR) is 104 cm³/mol. The lowest BCUT2D eigenvalue weighted by molar-refractivity contribution is -0.138. The maximum atomic E-state index is 12.6. The Morgan fingerprint density at radius 2 is 1.59 bits per heavy atom. The molecule has 0 saturated heterocycles. The van der Waals surface area contributed by atoms with Gasteiger partial charge in [0.15, 0.2) is 5.76 Å². The molecule has 2 aromatic rings. The number of ketones is 1. The second kappa shape index (κ2) is 9.86. The molecule has 2 aromatic carbocycles. The van der Waals surface area contributed by atoms with Crippen LogP contribution in [0.4, 0.5) is 0 Å². The Bertz CT molecular complexity index is 767. The summed E-state index contributed by atoms with van der Waals surface area (Å²) in [7, 11) is 0. The van der Waals surface area contributed by atoms with Gasteiger partial charge in [-0.05, 0) is 23.6 Å². The van der Waals surface area contributed by atoms with Crippen molar-refractivity contribution in [2.24, 2.45) is 0 Å². The number of benzene rings is 2. The summed E-state index contributed by atoms with van der Waals surface area (Å²) in [5, 5.41) is 0. The molecular formula is C23H24O4. The highest BCUT2D eigenvalue weighted by molar-refractivity contribution is 5.97. The molecule has 2 atom stereocenters. The van der Waals surface area contributed by atoms with Gasteiger partial charge >= 0.3 is 0 Å². The Balaban J connectivity index is 1.61. The first kappa shape index (κ1) is 19.1. The first-order valence-corrected chi connectivity index (χ1v) is 9.07. The fourth-order valence-electron chi connectivity index (χ4n) is 2.84. The monoisotopic (exact) mass is 364 g/mol. The number of ether oxygens (including phenoxy) is 3. The summed E-state index contributed by atoms with van der Waals surface area (Å²) in [4.78, 5) is 12.6. The van der Waals surface area contributed by atoms with Crippen molar-refractivity contribution in [2.75, 3.05) is 6.61 Å². The van der Waals surface area contributed by atoms with Crippen molar-refractivity contribution in [3.8, 4) is 0 Å². The molecule has 1 aliphatic rings. The Morgan fingerprint density at radius 1 is 0.963 bits per heavy atom. The van der Waals surface area contributed by atoms with E-state index in [2.05, 4.69) is 6.58 Å². The van der Waals surface area contributed by atoms with Crippen molar-refractivity contribution < 1.29 is 19.0 Å². The summed E-state index contributed by atoms with van der Waals surface area (Å²) in [6, 6.07) is 19.7. The van der Waals surface area contributed by atoms with E-state index < -0.39 is 6.10 Å². The quantitative estimate of drug-likeness (QED) is 0.625. The van der Waals surface area contributed by atoms with Crippen LogP contribution >= 0.6 is 0 Å². The molecule has 0 saturated carbocycles. The standard InChI is InChI=1S/C23H24O4/c1-2-9-21-23(24)22(26-16-19-12-7-4-8-13-19)14-20(27-21)17-25-15-18-10-5-3-6-11-18/h2-8,10-14,20-21H,1,9,15-17H2/t20-,21-/m0/s1. The summed E-state index contributed by atoms with van der Waals surface area (Å²) < 4.78 is 17.4. The number of hydrogen-bond acceptors (Lipinski definition) is 4. The Morgan fingerprint density at radius 3 is 2.22 bits per heavy atom. The van der Waals surface area contributed by atoms with E-state index >= 15 is 0 Å². The SMILES string of the molecule is C=CC[C@@H]1O[C@H](COCc2ccccc2)C=C(OCc2ccccc2)C1=O. The third kappa shape index (κ3) is 5.64. The van der Waals surface area contributed by atoms with Gasteiger partial charge in [-0.3, -0.25) is 4.79 Å². The van der Waals surface area contributed by atoms with Gasteiger partial charge in [-0.1, -0.05) is 66.7 Å².